The third-order valence-corrected chi connectivity index (χ3v) is 5.67. The van der Waals surface area contributed by atoms with Crippen molar-refractivity contribution in [1.82, 2.24) is 4.90 Å². The topological polar surface area (TPSA) is 60.9 Å². The Morgan fingerprint density at radius 2 is 1.97 bits per heavy atom. The van der Waals surface area contributed by atoms with Crippen LogP contribution in [0.15, 0.2) is 30.4 Å². The summed E-state index contributed by atoms with van der Waals surface area (Å²) in [6, 6.07) is 1.67. The number of allylic oxidation sites excluding steroid dienone is 1. The Morgan fingerprint density at radius 3 is 2.48 bits per heavy atom. The largest absolute Gasteiger partial charge is 0.477 e. The third kappa shape index (κ3) is 6.06. The number of anilines is 1. The van der Waals surface area contributed by atoms with Gasteiger partial charge in [0.2, 0.25) is 0 Å². The van der Waals surface area contributed by atoms with Crippen LogP contribution < -0.4 is 4.90 Å². The molecule has 0 bridgehead atoms. The maximum absolute atomic E-state index is 13.3. The van der Waals surface area contributed by atoms with Gasteiger partial charge in [-0.2, -0.15) is 0 Å². The van der Waals surface area contributed by atoms with Crippen LogP contribution in [0.1, 0.15) is 55.1 Å². The number of carbonyl (C=O) groups excluding carboxylic acids is 1. The van der Waals surface area contributed by atoms with Crippen LogP contribution in [-0.4, -0.2) is 48.1 Å². The van der Waals surface area contributed by atoms with E-state index in [4.69, 9.17) is 0 Å². The van der Waals surface area contributed by atoms with Gasteiger partial charge in [0.1, 0.15) is 4.88 Å². The number of aromatic carboxylic acids is 1. The van der Waals surface area contributed by atoms with Gasteiger partial charge in [-0.15, -0.1) is 11.3 Å². The molecule has 5 nitrogen and oxygen atoms in total. The number of thiophene rings is 1. The van der Waals surface area contributed by atoms with Gasteiger partial charge < -0.3 is 14.9 Å². The Morgan fingerprint density at radius 1 is 1.34 bits per heavy atom. The SMILES string of the molecule is C=C(/C=C\C)C(=O)N(c1cc(C#CC(C)(C)C)sc1C(=O)O)C1CCN(C)CC1. The first-order chi connectivity index (χ1) is 13.5. The molecular formula is C23H30N2O3S. The fraction of sp³-hybridized carbons (Fsp3) is 0.478. The fourth-order valence-electron chi connectivity index (χ4n) is 3.18. The molecule has 6 heteroatoms. The summed E-state index contributed by atoms with van der Waals surface area (Å²) in [6.45, 7) is 13.4. The molecule has 1 fully saturated rings. The minimum absolute atomic E-state index is 0.0724. The first kappa shape index (κ1) is 22.9. The highest BCUT2D eigenvalue weighted by atomic mass is 32.1. The van der Waals surface area contributed by atoms with Gasteiger partial charge in [-0.25, -0.2) is 4.79 Å². The number of amides is 1. The van der Waals surface area contributed by atoms with E-state index in [0.29, 0.717) is 16.1 Å². The zero-order valence-corrected chi connectivity index (χ0v) is 18.7. The number of hydrogen-bond donors (Lipinski definition) is 1. The second kappa shape index (κ2) is 9.43. The van der Waals surface area contributed by atoms with Crippen molar-refractivity contribution in [3.05, 3.63) is 40.1 Å². The van der Waals surface area contributed by atoms with Gasteiger partial charge in [0, 0.05) is 17.0 Å². The van der Waals surface area contributed by atoms with Crippen LogP contribution in [0.3, 0.4) is 0 Å². The van der Waals surface area contributed by atoms with E-state index in [1.807, 2.05) is 27.7 Å². The minimum atomic E-state index is -1.05. The summed E-state index contributed by atoms with van der Waals surface area (Å²) < 4.78 is 0. The van der Waals surface area contributed by atoms with E-state index >= 15 is 0 Å². The summed E-state index contributed by atoms with van der Waals surface area (Å²) in [6.07, 6.45) is 4.99. The second-order valence-electron chi connectivity index (χ2n) is 8.37. The Bertz CT molecular complexity index is 872. The average Bonchev–Trinajstić information content (AvgIpc) is 3.05. The summed E-state index contributed by atoms with van der Waals surface area (Å²) in [5, 5.41) is 9.80. The van der Waals surface area contributed by atoms with Crippen LogP contribution >= 0.6 is 11.3 Å². The van der Waals surface area contributed by atoms with Gasteiger partial charge in [-0.1, -0.05) is 30.6 Å². The molecule has 0 saturated carbocycles. The molecule has 29 heavy (non-hydrogen) atoms. The van der Waals surface area contributed by atoms with Gasteiger partial charge in [-0.3, -0.25) is 4.79 Å². The quantitative estimate of drug-likeness (QED) is 0.441. The molecule has 2 rings (SSSR count). The predicted molar refractivity (Wildman–Crippen MR) is 120 cm³/mol. The highest BCUT2D eigenvalue weighted by Crippen LogP contribution is 2.35. The lowest BCUT2D eigenvalue weighted by atomic mass is 9.98. The number of carboxylic acid groups (broad SMARTS) is 1. The lowest BCUT2D eigenvalue weighted by Gasteiger charge is -2.37. The van der Waals surface area contributed by atoms with Crippen molar-refractivity contribution in [2.75, 3.05) is 25.0 Å². The maximum atomic E-state index is 13.3. The molecule has 0 aliphatic carbocycles. The minimum Gasteiger partial charge on any atom is -0.477 e. The van der Waals surface area contributed by atoms with Crippen LogP contribution in [0.4, 0.5) is 5.69 Å². The molecule has 0 radical (unpaired) electrons. The summed E-state index contributed by atoms with van der Waals surface area (Å²) >= 11 is 1.12. The van der Waals surface area contributed by atoms with Crippen LogP contribution in [0, 0.1) is 17.3 Å². The molecule has 0 spiro atoms. The van der Waals surface area contributed by atoms with Crippen LogP contribution in [0.2, 0.25) is 0 Å². The highest BCUT2D eigenvalue weighted by Gasteiger charge is 2.33. The van der Waals surface area contributed by atoms with Crippen molar-refractivity contribution in [3.63, 3.8) is 0 Å². The Hall–Kier alpha value is -2.36. The fourth-order valence-corrected chi connectivity index (χ4v) is 4.02. The first-order valence-corrected chi connectivity index (χ1v) is 10.6. The molecule has 156 valence electrons. The summed E-state index contributed by atoms with van der Waals surface area (Å²) in [7, 11) is 2.05. The Balaban J connectivity index is 2.54. The molecule has 1 saturated heterocycles. The molecule has 0 aromatic carbocycles. The Kier molecular flexibility index (Phi) is 7.45. The van der Waals surface area contributed by atoms with E-state index in [1.165, 1.54) is 0 Å². The molecule has 1 N–H and O–H groups in total. The lowest BCUT2D eigenvalue weighted by molar-refractivity contribution is -0.115. The number of hydrogen-bond acceptors (Lipinski definition) is 4. The lowest BCUT2D eigenvalue weighted by Crippen LogP contribution is -2.47. The smallest absolute Gasteiger partial charge is 0.348 e. The van der Waals surface area contributed by atoms with Crippen molar-refractivity contribution in [2.24, 2.45) is 5.41 Å². The van der Waals surface area contributed by atoms with E-state index in [0.717, 1.165) is 37.3 Å². The van der Waals surface area contributed by atoms with E-state index in [2.05, 4.69) is 30.4 Å². The summed E-state index contributed by atoms with van der Waals surface area (Å²) in [4.78, 5) is 29.9. The summed E-state index contributed by atoms with van der Waals surface area (Å²) in [5.74, 6) is 4.92. The number of likely N-dealkylation sites (tertiary alicyclic amines) is 1. The van der Waals surface area contributed by atoms with Gasteiger partial charge in [0.15, 0.2) is 0 Å². The maximum Gasteiger partial charge on any atom is 0.348 e. The number of carbonyl (C=O) groups is 2. The van der Waals surface area contributed by atoms with Gasteiger partial charge in [0.25, 0.3) is 5.91 Å². The van der Waals surface area contributed by atoms with Crippen molar-refractivity contribution in [1.29, 1.82) is 0 Å². The number of carboxylic acids is 1. The van der Waals surface area contributed by atoms with Gasteiger partial charge in [-0.05, 0) is 66.7 Å². The Labute approximate surface area is 177 Å². The standard InChI is InChI=1S/C23H30N2O3S/c1-7-8-16(2)21(26)25(17-10-13-24(6)14-11-17)19-15-18(9-12-23(3,4)5)29-20(19)22(27)28/h7-8,15,17H,2,10-11,13-14H2,1,3-6H3,(H,27,28)/b8-7-. The molecule has 2 heterocycles. The van der Waals surface area contributed by atoms with Crippen molar-refractivity contribution in [3.8, 4) is 11.8 Å². The monoisotopic (exact) mass is 414 g/mol. The zero-order chi connectivity index (χ0) is 21.8. The van der Waals surface area contributed by atoms with Crippen LogP contribution in [0.5, 0.6) is 0 Å². The third-order valence-electron chi connectivity index (χ3n) is 4.64. The van der Waals surface area contributed by atoms with E-state index in [-0.39, 0.29) is 22.2 Å². The van der Waals surface area contributed by atoms with Crippen molar-refractivity contribution in [2.45, 2.75) is 46.6 Å². The normalized spacial score (nSPS) is 15.8. The number of rotatable bonds is 5. The predicted octanol–water partition coefficient (Wildman–Crippen LogP) is 4.40. The van der Waals surface area contributed by atoms with Crippen LogP contribution in [0.25, 0.3) is 0 Å². The van der Waals surface area contributed by atoms with Gasteiger partial charge >= 0.3 is 5.97 Å². The molecule has 1 amide bonds. The second-order valence-corrected chi connectivity index (χ2v) is 9.42. The molecule has 1 aliphatic heterocycles. The molecule has 0 unspecified atom stereocenters. The van der Waals surface area contributed by atoms with E-state index < -0.39 is 5.97 Å². The highest BCUT2D eigenvalue weighted by molar-refractivity contribution is 7.15. The zero-order valence-electron chi connectivity index (χ0n) is 17.9. The molecule has 1 aliphatic rings. The average molecular weight is 415 g/mol. The van der Waals surface area contributed by atoms with Crippen LogP contribution in [-0.2, 0) is 4.79 Å². The molecular weight excluding hydrogens is 384 g/mol. The van der Waals surface area contributed by atoms with E-state index in [9.17, 15) is 14.7 Å². The number of piperidine rings is 1. The molecule has 1 aromatic heterocycles. The van der Waals surface area contributed by atoms with E-state index in [1.54, 1.807) is 23.1 Å². The molecule has 0 atom stereocenters. The van der Waals surface area contributed by atoms with Crippen molar-refractivity contribution < 1.29 is 14.7 Å². The first-order valence-electron chi connectivity index (χ1n) is 9.77. The molecule has 1 aromatic rings. The van der Waals surface area contributed by atoms with Gasteiger partial charge in [0.05, 0.1) is 10.6 Å². The van der Waals surface area contributed by atoms with Crippen molar-refractivity contribution >= 4 is 28.9 Å². The summed E-state index contributed by atoms with van der Waals surface area (Å²) in [5.41, 5.74) is 0.569. The number of nitrogens with zero attached hydrogens (tertiary/aromatic N) is 2.